The van der Waals surface area contributed by atoms with E-state index in [0.29, 0.717) is 18.0 Å². The molecule has 3 aromatic carbocycles. The van der Waals surface area contributed by atoms with Crippen molar-refractivity contribution >= 4 is 57.2 Å². The van der Waals surface area contributed by atoms with Gasteiger partial charge in [-0.3, -0.25) is 4.79 Å². The minimum atomic E-state index is 0. The number of hydrogen-bond donors (Lipinski definition) is 1. The van der Waals surface area contributed by atoms with E-state index >= 15 is 0 Å². The van der Waals surface area contributed by atoms with E-state index in [0.717, 1.165) is 29.0 Å². The molecular formula is C30H35N3O2S. The van der Waals surface area contributed by atoms with Crippen molar-refractivity contribution in [1.82, 2.24) is 9.55 Å². The number of thiophene rings is 1. The molecule has 36 heavy (non-hydrogen) atoms. The smallest absolute Gasteiger partial charge is 0.208 e. The molecule has 0 atom stereocenters. The molecule has 188 valence electrons. The van der Waals surface area contributed by atoms with Gasteiger partial charge < -0.3 is 14.7 Å². The number of aryl methyl sites for hydroxylation is 1. The zero-order chi connectivity index (χ0) is 26.2. The summed E-state index contributed by atoms with van der Waals surface area (Å²) >= 11 is 1.77. The summed E-state index contributed by atoms with van der Waals surface area (Å²) in [5.41, 5.74) is 7.27. The molecular weight excluding hydrogens is 466 g/mol. The van der Waals surface area contributed by atoms with Crippen molar-refractivity contribution in [3.05, 3.63) is 88.3 Å². The largest absolute Gasteiger partial charge is 0.326 e. The zero-order valence-electron chi connectivity index (χ0n) is 21.5. The fourth-order valence-corrected chi connectivity index (χ4v) is 4.98. The molecule has 5 rings (SSSR count). The Hall–Kier alpha value is -3.77. The van der Waals surface area contributed by atoms with Gasteiger partial charge in [-0.15, -0.1) is 11.3 Å². The first-order valence-electron chi connectivity index (χ1n) is 12.1. The Morgan fingerprint density at radius 3 is 2.44 bits per heavy atom. The van der Waals surface area contributed by atoms with Crippen LogP contribution in [0.25, 0.3) is 21.1 Å². The number of hydrogen-bond acceptors (Lipinski definition) is 5. The molecule has 0 spiro atoms. The number of carbonyl (C=O) groups is 2. The van der Waals surface area contributed by atoms with E-state index < -0.39 is 0 Å². The van der Waals surface area contributed by atoms with E-state index in [4.69, 9.17) is 9.78 Å². The first kappa shape index (κ1) is 26.8. The lowest BCUT2D eigenvalue weighted by Crippen LogP contribution is -2.05. The molecule has 0 unspecified atom stereocenters. The predicted molar refractivity (Wildman–Crippen MR) is 155 cm³/mol. The van der Waals surface area contributed by atoms with Gasteiger partial charge in [-0.1, -0.05) is 57.5 Å². The van der Waals surface area contributed by atoms with Crippen LogP contribution >= 0.6 is 11.3 Å². The first-order chi connectivity index (χ1) is 17.5. The Morgan fingerprint density at radius 2 is 1.78 bits per heavy atom. The van der Waals surface area contributed by atoms with Gasteiger partial charge in [0.25, 0.3) is 0 Å². The molecule has 5 nitrogen and oxygen atoms in total. The quantitative estimate of drug-likeness (QED) is 0.237. The summed E-state index contributed by atoms with van der Waals surface area (Å²) in [6.45, 7) is 13.2. The van der Waals surface area contributed by atoms with E-state index in [-0.39, 0.29) is 1.43 Å². The van der Waals surface area contributed by atoms with E-state index in [9.17, 15) is 4.79 Å². The molecule has 0 bridgehead atoms. The van der Waals surface area contributed by atoms with Gasteiger partial charge in [-0.05, 0) is 71.1 Å². The Bertz CT molecular complexity index is 1460. The van der Waals surface area contributed by atoms with E-state index in [1.54, 1.807) is 11.3 Å². The van der Waals surface area contributed by atoms with Gasteiger partial charge in [0, 0.05) is 17.4 Å². The van der Waals surface area contributed by atoms with Gasteiger partial charge in [0.15, 0.2) is 0 Å². The minimum absolute atomic E-state index is 0. The van der Waals surface area contributed by atoms with Gasteiger partial charge >= 0.3 is 0 Å². The Labute approximate surface area is 218 Å². The van der Waals surface area contributed by atoms with Gasteiger partial charge in [-0.2, -0.15) is 0 Å². The van der Waals surface area contributed by atoms with Crippen LogP contribution in [-0.2, 0) is 11.3 Å². The highest BCUT2D eigenvalue weighted by Crippen LogP contribution is 2.31. The molecule has 0 fully saturated rings. The first-order valence-corrected chi connectivity index (χ1v) is 13.0. The van der Waals surface area contributed by atoms with Crippen LogP contribution in [0.15, 0.2) is 66.0 Å². The maximum Gasteiger partial charge on any atom is 0.208 e. The number of nitrogens with zero attached hydrogens (tertiary/aromatic N) is 2. The molecule has 1 N–H and O–H groups in total. The SMILES string of the molecule is C=O.CC.Cc1ccc2scc(Cn3c(Nc4ccc(C(C)C)cc4)nc4cc(C=O)ccc43)c2c1.[HH]. The monoisotopic (exact) mass is 501 g/mol. The molecule has 0 amide bonds. The highest BCUT2D eigenvalue weighted by Gasteiger charge is 2.15. The molecule has 0 saturated heterocycles. The molecule has 2 aromatic heterocycles. The van der Waals surface area contributed by atoms with Crippen LogP contribution < -0.4 is 5.32 Å². The second-order valence-corrected chi connectivity index (χ2v) is 9.46. The van der Waals surface area contributed by atoms with Crippen LogP contribution in [0, 0.1) is 6.92 Å². The molecule has 5 aromatic rings. The normalized spacial score (nSPS) is 10.5. The van der Waals surface area contributed by atoms with Crippen LogP contribution in [0.2, 0.25) is 0 Å². The van der Waals surface area contributed by atoms with E-state index in [2.05, 4.69) is 78.5 Å². The van der Waals surface area contributed by atoms with Crippen molar-refractivity contribution in [2.45, 2.75) is 47.1 Å². The van der Waals surface area contributed by atoms with Gasteiger partial charge in [0.05, 0.1) is 17.6 Å². The number of carbonyl (C=O) groups excluding carboxylic acids is 2. The van der Waals surface area contributed by atoms with Crippen molar-refractivity contribution in [1.29, 1.82) is 0 Å². The third-order valence-electron chi connectivity index (χ3n) is 5.88. The predicted octanol–water partition coefficient (Wildman–Crippen LogP) is 8.37. The van der Waals surface area contributed by atoms with Crippen molar-refractivity contribution in [3.8, 4) is 0 Å². The molecule has 0 radical (unpaired) electrons. The number of imidazole rings is 1. The standard InChI is InChI=1S/C27H25N3OS.C2H6.CH2O.H2/c1-17(2)20-6-8-22(9-7-20)28-27-29-24-13-19(15-31)5-10-25(24)30(27)14-21-16-32-26-11-4-18(3)12-23(21)26;2*1-2;/h4-13,15-17H,14H2,1-3H3,(H,28,29);1-2H3;1H2;1H. The Kier molecular flexibility index (Phi) is 9.14. The minimum Gasteiger partial charge on any atom is -0.326 e. The lowest BCUT2D eigenvalue weighted by Gasteiger charge is -2.12. The molecule has 6 heteroatoms. The lowest BCUT2D eigenvalue weighted by atomic mass is 10.0. The van der Waals surface area contributed by atoms with Crippen molar-refractivity contribution in [3.63, 3.8) is 0 Å². The number of nitrogens with one attached hydrogen (secondary N) is 1. The maximum atomic E-state index is 11.3. The summed E-state index contributed by atoms with van der Waals surface area (Å²) in [7, 11) is 0. The summed E-state index contributed by atoms with van der Waals surface area (Å²) in [6, 6.07) is 20.8. The summed E-state index contributed by atoms with van der Waals surface area (Å²) < 4.78 is 3.49. The second-order valence-electron chi connectivity index (χ2n) is 8.55. The highest BCUT2D eigenvalue weighted by molar-refractivity contribution is 7.17. The highest BCUT2D eigenvalue weighted by atomic mass is 32.1. The van der Waals surface area contributed by atoms with Gasteiger partial charge in [0.2, 0.25) is 5.95 Å². The third kappa shape index (κ3) is 5.71. The van der Waals surface area contributed by atoms with Crippen LogP contribution in [-0.4, -0.2) is 22.6 Å². The number of aromatic nitrogens is 2. The summed E-state index contributed by atoms with van der Waals surface area (Å²) in [6.07, 6.45) is 0.866. The second kappa shape index (κ2) is 12.3. The number of aldehydes is 1. The zero-order valence-corrected chi connectivity index (χ0v) is 22.4. The topological polar surface area (TPSA) is 64.0 Å². The number of rotatable bonds is 6. The van der Waals surface area contributed by atoms with E-state index in [1.165, 1.54) is 26.8 Å². The summed E-state index contributed by atoms with van der Waals surface area (Å²) in [5, 5.41) is 7.02. The molecule has 0 aliphatic carbocycles. The Balaban J connectivity index is 0.000000919. The van der Waals surface area contributed by atoms with Gasteiger partial charge in [0.1, 0.15) is 13.1 Å². The van der Waals surface area contributed by atoms with Crippen LogP contribution in [0.3, 0.4) is 0 Å². The average molecular weight is 502 g/mol. The fourth-order valence-electron chi connectivity index (χ4n) is 4.04. The van der Waals surface area contributed by atoms with E-state index in [1.807, 2.05) is 38.8 Å². The van der Waals surface area contributed by atoms with Crippen LogP contribution in [0.5, 0.6) is 0 Å². The lowest BCUT2D eigenvalue weighted by molar-refractivity contribution is -0.0980. The molecule has 0 aliphatic heterocycles. The molecule has 0 saturated carbocycles. The van der Waals surface area contributed by atoms with Crippen molar-refractivity contribution < 1.29 is 11.0 Å². The van der Waals surface area contributed by atoms with Crippen molar-refractivity contribution in [2.24, 2.45) is 0 Å². The number of anilines is 2. The average Bonchev–Trinajstić information content (AvgIpc) is 3.47. The van der Waals surface area contributed by atoms with Crippen molar-refractivity contribution in [2.75, 3.05) is 5.32 Å². The van der Waals surface area contributed by atoms with Gasteiger partial charge in [-0.25, -0.2) is 4.98 Å². The fraction of sp³-hybridized carbons (Fsp3) is 0.233. The number of fused-ring (bicyclic) bond motifs is 2. The third-order valence-corrected chi connectivity index (χ3v) is 6.89. The van der Waals surface area contributed by atoms with Crippen LogP contribution in [0.4, 0.5) is 11.6 Å². The molecule has 0 aliphatic rings. The summed E-state index contributed by atoms with van der Waals surface area (Å²) in [4.78, 5) is 24.2. The summed E-state index contributed by atoms with van der Waals surface area (Å²) in [5.74, 6) is 1.26. The Morgan fingerprint density at radius 1 is 1.06 bits per heavy atom. The van der Waals surface area contributed by atoms with Crippen LogP contribution in [0.1, 0.15) is 62.1 Å². The molecule has 2 heterocycles. The number of benzene rings is 3. The maximum absolute atomic E-state index is 11.3.